The second-order valence-corrected chi connectivity index (χ2v) is 8.96. The van der Waals surface area contributed by atoms with Crippen LogP contribution in [0.5, 0.6) is 0 Å². The predicted octanol–water partition coefficient (Wildman–Crippen LogP) is 5.14. The number of nitrogens with one attached hydrogen (secondary N) is 1. The van der Waals surface area contributed by atoms with Gasteiger partial charge in [-0.05, 0) is 44.4 Å². The van der Waals surface area contributed by atoms with Crippen LogP contribution in [0.3, 0.4) is 0 Å². The topological polar surface area (TPSA) is 71.3 Å². The summed E-state index contributed by atoms with van der Waals surface area (Å²) in [5, 5.41) is 4.71. The molecular weight excluding hydrogens is 420 g/mol. The van der Waals surface area contributed by atoms with Crippen LogP contribution in [0.1, 0.15) is 58.3 Å². The zero-order valence-corrected chi connectivity index (χ0v) is 18.7. The summed E-state index contributed by atoms with van der Waals surface area (Å²) in [5.41, 5.74) is 1.91. The molecule has 0 radical (unpaired) electrons. The number of halogens is 1. The Balaban J connectivity index is 1.43. The number of anilines is 1. The van der Waals surface area contributed by atoms with Gasteiger partial charge in [0.2, 0.25) is 0 Å². The normalized spacial score (nSPS) is 16.6. The number of benzene rings is 1. The summed E-state index contributed by atoms with van der Waals surface area (Å²) in [6, 6.07) is 7.73. The highest BCUT2D eigenvalue weighted by atomic mass is 35.5. The smallest absolute Gasteiger partial charge is 0.265 e. The summed E-state index contributed by atoms with van der Waals surface area (Å²) in [6.45, 7) is 6.07. The summed E-state index contributed by atoms with van der Waals surface area (Å²) in [6.07, 6.45) is 4.37. The second-order valence-electron chi connectivity index (χ2n) is 7.52. The standard InChI is InChI=1S/C22H25ClN4O2S/c1-3-24-22-26-14(2)19(30-22)21(28)27-10-4-5-16(13-27)20-25-12-18(29-20)11-15-6-8-17(23)9-7-15/h6-9,12,16H,3-5,10-11,13H2,1-2H3,(H,24,26). The Hall–Kier alpha value is -2.38. The van der Waals surface area contributed by atoms with Gasteiger partial charge in [0.05, 0.1) is 17.8 Å². The Morgan fingerprint density at radius 3 is 2.93 bits per heavy atom. The van der Waals surface area contributed by atoms with Crippen LogP contribution in [-0.2, 0) is 6.42 Å². The van der Waals surface area contributed by atoms with Crippen molar-refractivity contribution in [1.82, 2.24) is 14.9 Å². The van der Waals surface area contributed by atoms with Gasteiger partial charge < -0.3 is 14.6 Å². The average molecular weight is 445 g/mol. The number of oxazole rings is 1. The number of thiazole rings is 1. The molecule has 1 amide bonds. The van der Waals surface area contributed by atoms with E-state index in [9.17, 15) is 4.79 Å². The Kier molecular flexibility index (Phi) is 6.39. The van der Waals surface area contributed by atoms with Gasteiger partial charge in [0.15, 0.2) is 11.0 Å². The SMILES string of the molecule is CCNc1nc(C)c(C(=O)N2CCCC(c3ncc(Cc4ccc(Cl)cc4)o3)C2)s1. The van der Waals surface area contributed by atoms with Crippen LogP contribution in [0.15, 0.2) is 34.9 Å². The third kappa shape index (κ3) is 4.68. The Morgan fingerprint density at radius 2 is 2.17 bits per heavy atom. The summed E-state index contributed by atoms with van der Waals surface area (Å²) in [5.74, 6) is 1.70. The molecule has 3 heterocycles. The Labute approximate surface area is 185 Å². The van der Waals surface area contributed by atoms with E-state index in [1.54, 1.807) is 6.20 Å². The predicted molar refractivity (Wildman–Crippen MR) is 120 cm³/mol. The lowest BCUT2D eigenvalue weighted by molar-refractivity contribution is 0.0702. The van der Waals surface area contributed by atoms with Gasteiger partial charge in [0, 0.05) is 31.1 Å². The van der Waals surface area contributed by atoms with Crippen LogP contribution in [0.25, 0.3) is 0 Å². The first-order chi connectivity index (χ1) is 14.5. The molecule has 1 saturated heterocycles. The van der Waals surface area contributed by atoms with Crippen molar-refractivity contribution >= 4 is 34.0 Å². The number of piperidine rings is 1. The van der Waals surface area contributed by atoms with Crippen molar-refractivity contribution in [3.05, 3.63) is 63.3 Å². The summed E-state index contributed by atoms with van der Waals surface area (Å²) < 4.78 is 6.05. The van der Waals surface area contributed by atoms with Crippen molar-refractivity contribution in [3.63, 3.8) is 0 Å². The van der Waals surface area contributed by atoms with Crippen LogP contribution in [0, 0.1) is 6.92 Å². The molecule has 6 nitrogen and oxygen atoms in total. The van der Waals surface area contributed by atoms with E-state index in [0.717, 1.165) is 53.1 Å². The molecule has 30 heavy (non-hydrogen) atoms. The second kappa shape index (κ2) is 9.18. The highest BCUT2D eigenvalue weighted by molar-refractivity contribution is 7.17. The molecule has 1 aliphatic rings. The number of amides is 1. The van der Waals surface area contributed by atoms with Crippen LogP contribution < -0.4 is 5.32 Å². The van der Waals surface area contributed by atoms with E-state index in [2.05, 4.69) is 15.3 Å². The van der Waals surface area contributed by atoms with Gasteiger partial charge in [-0.25, -0.2) is 9.97 Å². The van der Waals surface area contributed by atoms with Crippen molar-refractivity contribution in [2.24, 2.45) is 0 Å². The number of likely N-dealkylation sites (tertiary alicyclic amines) is 1. The van der Waals surface area contributed by atoms with Crippen molar-refractivity contribution < 1.29 is 9.21 Å². The third-order valence-electron chi connectivity index (χ3n) is 5.24. The summed E-state index contributed by atoms with van der Waals surface area (Å²) >= 11 is 7.38. The maximum Gasteiger partial charge on any atom is 0.265 e. The highest BCUT2D eigenvalue weighted by Crippen LogP contribution is 2.30. The fourth-order valence-electron chi connectivity index (χ4n) is 3.73. The van der Waals surface area contributed by atoms with E-state index >= 15 is 0 Å². The summed E-state index contributed by atoms with van der Waals surface area (Å²) in [7, 11) is 0. The third-order valence-corrected chi connectivity index (χ3v) is 6.59. The molecule has 1 fully saturated rings. The van der Waals surface area contributed by atoms with Crippen LogP contribution in [0.2, 0.25) is 5.02 Å². The molecule has 158 valence electrons. The van der Waals surface area contributed by atoms with Gasteiger partial charge in [-0.2, -0.15) is 0 Å². The monoisotopic (exact) mass is 444 g/mol. The van der Waals surface area contributed by atoms with Crippen LogP contribution in [-0.4, -0.2) is 40.4 Å². The molecule has 0 saturated carbocycles. The molecule has 1 unspecified atom stereocenters. The first-order valence-corrected chi connectivity index (χ1v) is 11.4. The van der Waals surface area contributed by atoms with E-state index in [-0.39, 0.29) is 11.8 Å². The largest absolute Gasteiger partial charge is 0.445 e. The fourth-order valence-corrected chi connectivity index (χ4v) is 4.85. The molecule has 0 bridgehead atoms. The van der Waals surface area contributed by atoms with E-state index in [0.29, 0.717) is 23.7 Å². The first-order valence-electron chi connectivity index (χ1n) is 10.2. The minimum Gasteiger partial charge on any atom is -0.445 e. The number of carbonyl (C=O) groups excluding carboxylic acids is 1. The molecule has 1 aliphatic heterocycles. The zero-order chi connectivity index (χ0) is 21.1. The first kappa shape index (κ1) is 20.9. The molecule has 1 N–H and O–H groups in total. The van der Waals surface area contributed by atoms with Gasteiger partial charge in [-0.3, -0.25) is 4.79 Å². The molecule has 8 heteroatoms. The number of aryl methyl sites for hydroxylation is 1. The molecular formula is C22H25ClN4O2S. The molecule has 0 spiro atoms. The zero-order valence-electron chi connectivity index (χ0n) is 17.2. The maximum atomic E-state index is 13.1. The van der Waals surface area contributed by atoms with Gasteiger partial charge in [0.1, 0.15) is 10.6 Å². The minimum atomic E-state index is 0.0480. The Bertz CT molecular complexity index is 1010. The van der Waals surface area contributed by atoms with Crippen LogP contribution in [0.4, 0.5) is 5.13 Å². The van der Waals surface area contributed by atoms with E-state index in [1.165, 1.54) is 11.3 Å². The van der Waals surface area contributed by atoms with Crippen molar-refractivity contribution in [3.8, 4) is 0 Å². The lowest BCUT2D eigenvalue weighted by atomic mass is 9.98. The van der Waals surface area contributed by atoms with E-state index < -0.39 is 0 Å². The molecule has 3 aromatic rings. The molecule has 1 atom stereocenters. The van der Waals surface area contributed by atoms with Crippen molar-refractivity contribution in [2.75, 3.05) is 25.0 Å². The highest BCUT2D eigenvalue weighted by Gasteiger charge is 2.30. The van der Waals surface area contributed by atoms with Gasteiger partial charge in [0.25, 0.3) is 5.91 Å². The maximum absolute atomic E-state index is 13.1. The molecule has 2 aromatic heterocycles. The number of hydrogen-bond donors (Lipinski definition) is 1. The number of aromatic nitrogens is 2. The van der Waals surface area contributed by atoms with Crippen molar-refractivity contribution in [2.45, 2.75) is 39.0 Å². The number of carbonyl (C=O) groups is 1. The Morgan fingerprint density at radius 1 is 1.37 bits per heavy atom. The number of nitrogens with zero attached hydrogens (tertiary/aromatic N) is 3. The van der Waals surface area contributed by atoms with E-state index in [1.807, 2.05) is 43.0 Å². The molecule has 1 aromatic carbocycles. The van der Waals surface area contributed by atoms with Gasteiger partial charge in [-0.15, -0.1) is 0 Å². The lowest BCUT2D eigenvalue weighted by Crippen LogP contribution is -2.39. The number of rotatable bonds is 6. The molecule has 4 rings (SSSR count). The average Bonchev–Trinajstić information content (AvgIpc) is 3.36. The molecule has 0 aliphatic carbocycles. The fraction of sp³-hybridized carbons (Fsp3) is 0.409. The van der Waals surface area contributed by atoms with Gasteiger partial charge in [-0.1, -0.05) is 35.1 Å². The summed E-state index contributed by atoms with van der Waals surface area (Å²) in [4.78, 5) is 24.7. The lowest BCUT2D eigenvalue weighted by Gasteiger charge is -2.31. The number of hydrogen-bond acceptors (Lipinski definition) is 6. The van der Waals surface area contributed by atoms with Crippen molar-refractivity contribution in [1.29, 1.82) is 0 Å². The quantitative estimate of drug-likeness (QED) is 0.570. The van der Waals surface area contributed by atoms with Crippen LogP contribution >= 0.6 is 22.9 Å². The van der Waals surface area contributed by atoms with Gasteiger partial charge >= 0.3 is 0 Å². The minimum absolute atomic E-state index is 0.0480. The van der Waals surface area contributed by atoms with E-state index in [4.69, 9.17) is 16.0 Å².